The molecule has 2 rings (SSSR count). The zero-order chi connectivity index (χ0) is 20.5. The molecule has 2 aromatic rings. The quantitative estimate of drug-likeness (QED) is 0.663. The molecule has 1 aromatic carbocycles. The number of aromatic nitrogens is 1. The Morgan fingerprint density at radius 2 is 1.79 bits per heavy atom. The molecule has 6 heteroatoms. The smallest absolute Gasteiger partial charge is 0.255 e. The maximum atomic E-state index is 12.8. The molecule has 0 saturated heterocycles. The number of carbonyl (C=O) groups is 1. The SMILES string of the molecule is CCCOc1ccc(C(C)NC(=O)c2cccnc2N(C)C)cc1OCCC. The maximum Gasteiger partial charge on any atom is 0.255 e. The second kappa shape index (κ2) is 10.5. The van der Waals surface area contributed by atoms with Gasteiger partial charge < -0.3 is 19.7 Å². The van der Waals surface area contributed by atoms with E-state index in [2.05, 4.69) is 24.1 Å². The predicted octanol–water partition coefficient (Wildman–Crippen LogP) is 4.22. The summed E-state index contributed by atoms with van der Waals surface area (Å²) >= 11 is 0. The lowest BCUT2D eigenvalue weighted by molar-refractivity contribution is 0.0940. The van der Waals surface area contributed by atoms with Crippen LogP contribution in [0.5, 0.6) is 11.5 Å². The highest BCUT2D eigenvalue weighted by Crippen LogP contribution is 2.31. The van der Waals surface area contributed by atoms with E-state index in [4.69, 9.17) is 9.47 Å². The number of carbonyl (C=O) groups excluding carboxylic acids is 1. The molecule has 1 unspecified atom stereocenters. The van der Waals surface area contributed by atoms with Gasteiger partial charge in [-0.2, -0.15) is 0 Å². The number of nitrogens with one attached hydrogen (secondary N) is 1. The van der Waals surface area contributed by atoms with Crippen molar-refractivity contribution in [1.82, 2.24) is 10.3 Å². The number of hydrogen-bond donors (Lipinski definition) is 1. The first-order valence-electron chi connectivity index (χ1n) is 9.80. The molecule has 0 aliphatic rings. The molecule has 0 spiro atoms. The second-order valence-electron chi connectivity index (χ2n) is 6.87. The zero-order valence-electron chi connectivity index (χ0n) is 17.5. The van der Waals surface area contributed by atoms with E-state index in [0.717, 1.165) is 24.2 Å². The van der Waals surface area contributed by atoms with Gasteiger partial charge in [-0.05, 0) is 49.6 Å². The lowest BCUT2D eigenvalue weighted by Gasteiger charge is -2.20. The van der Waals surface area contributed by atoms with Gasteiger partial charge in [0.1, 0.15) is 5.82 Å². The van der Waals surface area contributed by atoms with E-state index in [1.54, 1.807) is 18.3 Å². The summed E-state index contributed by atoms with van der Waals surface area (Å²) in [5.41, 5.74) is 1.50. The molecule has 6 nitrogen and oxygen atoms in total. The van der Waals surface area contributed by atoms with Crippen molar-refractivity contribution in [2.24, 2.45) is 0 Å². The minimum absolute atomic E-state index is 0.161. The minimum Gasteiger partial charge on any atom is -0.490 e. The van der Waals surface area contributed by atoms with E-state index in [9.17, 15) is 4.79 Å². The van der Waals surface area contributed by atoms with Crippen LogP contribution < -0.4 is 19.7 Å². The third kappa shape index (κ3) is 5.62. The molecule has 1 heterocycles. The van der Waals surface area contributed by atoms with Crippen molar-refractivity contribution in [2.45, 2.75) is 39.7 Å². The van der Waals surface area contributed by atoms with Crippen molar-refractivity contribution in [3.8, 4) is 11.5 Å². The van der Waals surface area contributed by atoms with E-state index in [-0.39, 0.29) is 11.9 Å². The third-order valence-corrected chi connectivity index (χ3v) is 4.19. The third-order valence-electron chi connectivity index (χ3n) is 4.19. The van der Waals surface area contributed by atoms with Crippen molar-refractivity contribution in [1.29, 1.82) is 0 Å². The van der Waals surface area contributed by atoms with Crippen molar-refractivity contribution < 1.29 is 14.3 Å². The van der Waals surface area contributed by atoms with Crippen LogP contribution in [0.25, 0.3) is 0 Å². The van der Waals surface area contributed by atoms with Crippen LogP contribution in [0, 0.1) is 0 Å². The van der Waals surface area contributed by atoms with Crippen LogP contribution in [0.15, 0.2) is 36.5 Å². The Balaban J connectivity index is 2.19. The molecule has 1 N–H and O–H groups in total. The molecular weight excluding hydrogens is 354 g/mol. The van der Waals surface area contributed by atoms with Crippen LogP contribution in [-0.4, -0.2) is 38.2 Å². The lowest BCUT2D eigenvalue weighted by Crippen LogP contribution is -2.28. The monoisotopic (exact) mass is 385 g/mol. The zero-order valence-corrected chi connectivity index (χ0v) is 17.5. The summed E-state index contributed by atoms with van der Waals surface area (Å²) in [5, 5.41) is 3.05. The van der Waals surface area contributed by atoms with Crippen LogP contribution >= 0.6 is 0 Å². The molecule has 1 amide bonds. The van der Waals surface area contributed by atoms with Gasteiger partial charge in [-0.25, -0.2) is 4.98 Å². The van der Waals surface area contributed by atoms with Gasteiger partial charge in [0.2, 0.25) is 0 Å². The highest BCUT2D eigenvalue weighted by Gasteiger charge is 2.18. The Labute approximate surface area is 167 Å². The van der Waals surface area contributed by atoms with Gasteiger partial charge in [-0.3, -0.25) is 4.79 Å². The minimum atomic E-state index is -0.188. The van der Waals surface area contributed by atoms with Crippen molar-refractivity contribution in [3.05, 3.63) is 47.7 Å². The van der Waals surface area contributed by atoms with E-state index >= 15 is 0 Å². The molecule has 0 bridgehead atoms. The first-order chi connectivity index (χ1) is 13.5. The van der Waals surface area contributed by atoms with E-state index < -0.39 is 0 Å². The fraction of sp³-hybridized carbons (Fsp3) is 0.455. The summed E-state index contributed by atoms with van der Waals surface area (Å²) in [6.45, 7) is 7.35. The van der Waals surface area contributed by atoms with Crippen LogP contribution in [0.2, 0.25) is 0 Å². The Morgan fingerprint density at radius 1 is 1.11 bits per heavy atom. The molecule has 1 aromatic heterocycles. The molecule has 1 atom stereocenters. The standard InChI is InChI=1S/C22H31N3O3/c1-6-13-27-19-11-10-17(15-20(19)28-14-7-2)16(3)24-22(26)18-9-8-12-23-21(18)25(4)5/h8-12,15-16H,6-7,13-14H2,1-5H3,(H,24,26). The number of ether oxygens (including phenoxy) is 2. The number of nitrogens with zero attached hydrogens (tertiary/aromatic N) is 2. The van der Waals surface area contributed by atoms with E-state index in [0.29, 0.717) is 30.3 Å². The highest BCUT2D eigenvalue weighted by atomic mass is 16.5. The molecule has 0 saturated carbocycles. The molecular formula is C22H31N3O3. The fourth-order valence-electron chi connectivity index (χ4n) is 2.74. The van der Waals surface area contributed by atoms with Gasteiger partial charge in [0, 0.05) is 20.3 Å². The highest BCUT2D eigenvalue weighted by molar-refractivity contribution is 5.99. The van der Waals surface area contributed by atoms with Gasteiger partial charge >= 0.3 is 0 Å². The maximum absolute atomic E-state index is 12.8. The topological polar surface area (TPSA) is 63.7 Å². The van der Waals surface area contributed by atoms with Crippen LogP contribution in [0.1, 0.15) is 55.6 Å². The number of rotatable bonds is 10. The van der Waals surface area contributed by atoms with Gasteiger partial charge in [-0.15, -0.1) is 0 Å². The molecule has 28 heavy (non-hydrogen) atoms. The summed E-state index contributed by atoms with van der Waals surface area (Å²) in [4.78, 5) is 18.9. The summed E-state index contributed by atoms with van der Waals surface area (Å²) in [5.74, 6) is 1.93. The van der Waals surface area contributed by atoms with Gasteiger partial charge in [0.25, 0.3) is 5.91 Å². The summed E-state index contributed by atoms with van der Waals surface area (Å²) in [6.07, 6.45) is 3.53. The van der Waals surface area contributed by atoms with Crippen LogP contribution in [-0.2, 0) is 0 Å². The molecule has 0 radical (unpaired) electrons. The van der Waals surface area contributed by atoms with Crippen molar-refractivity contribution in [2.75, 3.05) is 32.2 Å². The number of amides is 1. The van der Waals surface area contributed by atoms with E-state index in [1.807, 2.05) is 44.1 Å². The molecule has 0 aliphatic heterocycles. The lowest BCUT2D eigenvalue weighted by atomic mass is 10.1. The number of hydrogen-bond acceptors (Lipinski definition) is 5. The molecule has 152 valence electrons. The first kappa shape index (κ1) is 21.5. The Morgan fingerprint density at radius 3 is 2.43 bits per heavy atom. The largest absolute Gasteiger partial charge is 0.490 e. The van der Waals surface area contributed by atoms with Crippen molar-refractivity contribution >= 4 is 11.7 Å². The normalized spacial score (nSPS) is 11.6. The Hall–Kier alpha value is -2.76. The summed E-state index contributed by atoms with van der Waals surface area (Å²) < 4.78 is 11.6. The van der Waals surface area contributed by atoms with Gasteiger partial charge in [0.15, 0.2) is 11.5 Å². The summed E-state index contributed by atoms with van der Waals surface area (Å²) in [6, 6.07) is 9.18. The average Bonchev–Trinajstić information content (AvgIpc) is 2.70. The van der Waals surface area contributed by atoms with Crippen molar-refractivity contribution in [3.63, 3.8) is 0 Å². The van der Waals surface area contributed by atoms with Crippen LogP contribution in [0.4, 0.5) is 5.82 Å². The average molecular weight is 386 g/mol. The Kier molecular flexibility index (Phi) is 8.11. The number of pyridine rings is 1. The second-order valence-corrected chi connectivity index (χ2v) is 6.87. The van der Waals surface area contributed by atoms with Gasteiger partial charge in [-0.1, -0.05) is 19.9 Å². The number of benzene rings is 1. The van der Waals surface area contributed by atoms with E-state index in [1.165, 1.54) is 0 Å². The van der Waals surface area contributed by atoms with Gasteiger partial charge in [0.05, 0.1) is 24.8 Å². The predicted molar refractivity (Wildman–Crippen MR) is 112 cm³/mol. The Bertz CT molecular complexity index is 777. The van der Waals surface area contributed by atoms with Crippen LogP contribution in [0.3, 0.4) is 0 Å². The molecule has 0 aliphatic carbocycles. The first-order valence-corrected chi connectivity index (χ1v) is 9.80. The number of anilines is 1. The summed E-state index contributed by atoms with van der Waals surface area (Å²) in [7, 11) is 3.74. The fourth-order valence-corrected chi connectivity index (χ4v) is 2.74. The molecule has 0 fully saturated rings.